The Morgan fingerprint density at radius 1 is 0.579 bits per heavy atom. The molecular formula is C18H16O. The molecule has 3 rings (SSSR count). The second-order valence-electron chi connectivity index (χ2n) is 4.66. The van der Waals surface area contributed by atoms with E-state index in [1.54, 1.807) is 0 Å². The SMILES string of the molecule is c1ccc(COCc2ccc3ccccc3c2)cc1. The van der Waals surface area contributed by atoms with Gasteiger partial charge in [0.2, 0.25) is 0 Å². The van der Waals surface area contributed by atoms with Gasteiger partial charge < -0.3 is 4.74 Å². The summed E-state index contributed by atoms with van der Waals surface area (Å²) >= 11 is 0. The van der Waals surface area contributed by atoms with Crippen LogP contribution in [-0.2, 0) is 18.0 Å². The summed E-state index contributed by atoms with van der Waals surface area (Å²) in [5.74, 6) is 0. The normalized spacial score (nSPS) is 10.7. The first-order valence-electron chi connectivity index (χ1n) is 6.51. The Hall–Kier alpha value is -2.12. The van der Waals surface area contributed by atoms with Crippen LogP contribution >= 0.6 is 0 Å². The molecule has 3 aromatic rings. The molecule has 0 fully saturated rings. The average Bonchev–Trinajstić information content (AvgIpc) is 2.48. The minimum atomic E-state index is 0.653. The Kier molecular flexibility index (Phi) is 3.57. The lowest BCUT2D eigenvalue weighted by Gasteiger charge is -2.06. The van der Waals surface area contributed by atoms with Crippen molar-refractivity contribution in [3.8, 4) is 0 Å². The largest absolute Gasteiger partial charge is 0.372 e. The van der Waals surface area contributed by atoms with Crippen LogP contribution in [0.5, 0.6) is 0 Å². The lowest BCUT2D eigenvalue weighted by molar-refractivity contribution is 0.107. The first kappa shape index (κ1) is 11.9. The number of rotatable bonds is 4. The third kappa shape index (κ3) is 3.01. The first-order valence-corrected chi connectivity index (χ1v) is 6.51. The van der Waals surface area contributed by atoms with Crippen LogP contribution in [0.25, 0.3) is 10.8 Å². The van der Waals surface area contributed by atoms with Crippen molar-refractivity contribution in [1.82, 2.24) is 0 Å². The van der Waals surface area contributed by atoms with E-state index in [1.807, 2.05) is 18.2 Å². The van der Waals surface area contributed by atoms with E-state index in [4.69, 9.17) is 4.74 Å². The van der Waals surface area contributed by atoms with Crippen molar-refractivity contribution in [2.75, 3.05) is 0 Å². The topological polar surface area (TPSA) is 9.23 Å². The molecule has 0 spiro atoms. The van der Waals surface area contributed by atoms with Crippen molar-refractivity contribution in [3.63, 3.8) is 0 Å². The summed E-state index contributed by atoms with van der Waals surface area (Å²) in [6, 6.07) is 25.1. The van der Waals surface area contributed by atoms with Crippen LogP contribution in [-0.4, -0.2) is 0 Å². The van der Waals surface area contributed by atoms with Gasteiger partial charge in [0.05, 0.1) is 13.2 Å². The summed E-state index contributed by atoms with van der Waals surface area (Å²) in [6.07, 6.45) is 0. The number of hydrogen-bond donors (Lipinski definition) is 0. The quantitative estimate of drug-likeness (QED) is 0.658. The molecule has 0 unspecified atom stereocenters. The van der Waals surface area contributed by atoms with Crippen molar-refractivity contribution in [2.45, 2.75) is 13.2 Å². The first-order chi connectivity index (χ1) is 9.42. The van der Waals surface area contributed by atoms with Gasteiger partial charge in [0, 0.05) is 0 Å². The Morgan fingerprint density at radius 2 is 1.26 bits per heavy atom. The number of fused-ring (bicyclic) bond motifs is 1. The van der Waals surface area contributed by atoms with E-state index in [2.05, 4.69) is 54.6 Å². The molecule has 94 valence electrons. The maximum atomic E-state index is 5.75. The molecule has 0 saturated carbocycles. The minimum Gasteiger partial charge on any atom is -0.372 e. The van der Waals surface area contributed by atoms with Gasteiger partial charge >= 0.3 is 0 Å². The van der Waals surface area contributed by atoms with E-state index in [0.717, 1.165) is 0 Å². The Bertz CT molecular complexity index is 659. The van der Waals surface area contributed by atoms with Crippen molar-refractivity contribution in [2.24, 2.45) is 0 Å². The van der Waals surface area contributed by atoms with Gasteiger partial charge in [0.1, 0.15) is 0 Å². The van der Waals surface area contributed by atoms with Gasteiger partial charge in [-0.05, 0) is 28.0 Å². The van der Waals surface area contributed by atoms with Crippen LogP contribution in [0.4, 0.5) is 0 Å². The predicted octanol–water partition coefficient (Wildman–Crippen LogP) is 4.56. The summed E-state index contributed by atoms with van der Waals surface area (Å²) in [4.78, 5) is 0. The van der Waals surface area contributed by atoms with E-state index in [0.29, 0.717) is 13.2 Å². The van der Waals surface area contributed by atoms with Gasteiger partial charge in [-0.15, -0.1) is 0 Å². The molecule has 0 atom stereocenters. The maximum Gasteiger partial charge on any atom is 0.0721 e. The molecule has 1 heteroatoms. The van der Waals surface area contributed by atoms with E-state index < -0.39 is 0 Å². The molecule has 0 radical (unpaired) electrons. The van der Waals surface area contributed by atoms with Crippen LogP contribution < -0.4 is 0 Å². The minimum absolute atomic E-state index is 0.653. The summed E-state index contributed by atoms with van der Waals surface area (Å²) in [6.45, 7) is 1.31. The second-order valence-corrected chi connectivity index (χ2v) is 4.66. The monoisotopic (exact) mass is 248 g/mol. The average molecular weight is 248 g/mol. The fraction of sp³-hybridized carbons (Fsp3) is 0.111. The highest BCUT2D eigenvalue weighted by molar-refractivity contribution is 5.82. The zero-order valence-corrected chi connectivity index (χ0v) is 10.8. The van der Waals surface area contributed by atoms with Gasteiger partial charge in [-0.25, -0.2) is 0 Å². The molecular weight excluding hydrogens is 232 g/mol. The van der Waals surface area contributed by atoms with Crippen molar-refractivity contribution < 1.29 is 4.74 Å². The molecule has 0 heterocycles. The third-order valence-corrected chi connectivity index (χ3v) is 3.19. The summed E-state index contributed by atoms with van der Waals surface area (Å²) in [7, 11) is 0. The van der Waals surface area contributed by atoms with Crippen molar-refractivity contribution in [1.29, 1.82) is 0 Å². The van der Waals surface area contributed by atoms with Crippen LogP contribution in [0.1, 0.15) is 11.1 Å². The highest BCUT2D eigenvalue weighted by Gasteiger charge is 1.97. The molecule has 0 aromatic heterocycles. The number of benzene rings is 3. The maximum absolute atomic E-state index is 5.75. The van der Waals surface area contributed by atoms with Crippen LogP contribution in [0.2, 0.25) is 0 Å². The third-order valence-electron chi connectivity index (χ3n) is 3.19. The highest BCUT2D eigenvalue weighted by atomic mass is 16.5. The molecule has 0 aliphatic rings. The predicted molar refractivity (Wildman–Crippen MR) is 78.9 cm³/mol. The van der Waals surface area contributed by atoms with E-state index in [-0.39, 0.29) is 0 Å². The Labute approximate surface area is 113 Å². The zero-order valence-electron chi connectivity index (χ0n) is 10.8. The summed E-state index contributed by atoms with van der Waals surface area (Å²) in [5.41, 5.74) is 2.43. The lowest BCUT2D eigenvalue weighted by Crippen LogP contribution is -1.93. The highest BCUT2D eigenvalue weighted by Crippen LogP contribution is 2.16. The van der Waals surface area contributed by atoms with Gasteiger partial charge in [0.25, 0.3) is 0 Å². The molecule has 0 saturated heterocycles. The Morgan fingerprint density at radius 3 is 2.11 bits per heavy atom. The molecule has 0 N–H and O–H groups in total. The van der Waals surface area contributed by atoms with Crippen LogP contribution in [0, 0.1) is 0 Å². The standard InChI is InChI=1S/C18H16O/c1-2-6-15(7-3-1)13-19-14-16-10-11-17-8-4-5-9-18(17)12-16/h1-12H,13-14H2. The summed E-state index contributed by atoms with van der Waals surface area (Å²) < 4.78 is 5.75. The smallest absolute Gasteiger partial charge is 0.0721 e. The van der Waals surface area contributed by atoms with Crippen molar-refractivity contribution in [3.05, 3.63) is 83.9 Å². The van der Waals surface area contributed by atoms with E-state index in [9.17, 15) is 0 Å². The van der Waals surface area contributed by atoms with Crippen LogP contribution in [0.3, 0.4) is 0 Å². The number of ether oxygens (including phenoxy) is 1. The summed E-state index contributed by atoms with van der Waals surface area (Å²) in [5, 5.41) is 2.54. The van der Waals surface area contributed by atoms with Gasteiger partial charge in [-0.3, -0.25) is 0 Å². The van der Waals surface area contributed by atoms with E-state index >= 15 is 0 Å². The number of hydrogen-bond acceptors (Lipinski definition) is 1. The Balaban J connectivity index is 1.65. The van der Waals surface area contributed by atoms with Crippen molar-refractivity contribution >= 4 is 10.8 Å². The molecule has 0 bridgehead atoms. The molecule has 3 aromatic carbocycles. The molecule has 1 nitrogen and oxygen atoms in total. The lowest BCUT2D eigenvalue weighted by atomic mass is 10.1. The molecule has 0 aliphatic heterocycles. The van der Waals surface area contributed by atoms with Gasteiger partial charge in [-0.1, -0.05) is 66.7 Å². The fourth-order valence-electron chi connectivity index (χ4n) is 2.19. The molecule has 0 amide bonds. The zero-order chi connectivity index (χ0) is 12.9. The van der Waals surface area contributed by atoms with Gasteiger partial charge in [-0.2, -0.15) is 0 Å². The van der Waals surface area contributed by atoms with E-state index in [1.165, 1.54) is 21.9 Å². The molecule has 0 aliphatic carbocycles. The molecule has 19 heavy (non-hydrogen) atoms. The van der Waals surface area contributed by atoms with Gasteiger partial charge in [0.15, 0.2) is 0 Å². The fourth-order valence-corrected chi connectivity index (χ4v) is 2.19. The van der Waals surface area contributed by atoms with Crippen LogP contribution in [0.15, 0.2) is 72.8 Å². The second kappa shape index (κ2) is 5.68.